The van der Waals surface area contributed by atoms with E-state index in [2.05, 4.69) is 26.1 Å². The van der Waals surface area contributed by atoms with Crippen LogP contribution in [0.5, 0.6) is 0 Å². The van der Waals surface area contributed by atoms with Crippen molar-refractivity contribution in [1.29, 1.82) is 0 Å². The van der Waals surface area contributed by atoms with Crippen molar-refractivity contribution in [1.82, 2.24) is 19.9 Å². The summed E-state index contributed by atoms with van der Waals surface area (Å²) in [4.78, 5) is 21.0. The highest BCUT2D eigenvalue weighted by atomic mass is 35.5. The molecule has 1 aliphatic heterocycles. The third-order valence-corrected chi connectivity index (χ3v) is 9.54. The van der Waals surface area contributed by atoms with Gasteiger partial charge in [-0.2, -0.15) is 0 Å². The Labute approximate surface area is 174 Å². The van der Waals surface area contributed by atoms with Gasteiger partial charge in [-0.25, -0.2) is 30.0 Å². The molecule has 28 heavy (non-hydrogen) atoms. The molecule has 1 aliphatic rings. The number of anilines is 2. The predicted octanol–water partition coefficient (Wildman–Crippen LogP) is 2.98. The Balaban J connectivity index is 1.54. The lowest BCUT2D eigenvalue weighted by molar-refractivity contribution is 0.827. The summed E-state index contributed by atoms with van der Waals surface area (Å²) in [5.74, 6) is 4.31. The topological polar surface area (TPSA) is 107 Å². The summed E-state index contributed by atoms with van der Waals surface area (Å²) in [6.07, 6.45) is 5.77. The van der Waals surface area contributed by atoms with Gasteiger partial charge >= 0.3 is 0 Å². The molecule has 4 rings (SSSR count). The third kappa shape index (κ3) is 3.98. The van der Waals surface area contributed by atoms with E-state index >= 15 is 0 Å². The number of hydrogen-bond donors (Lipinski definition) is 2. The van der Waals surface area contributed by atoms with Crippen LogP contribution in [-0.4, -0.2) is 56.7 Å². The molecule has 0 spiro atoms. The average molecular weight is 436 g/mol. The van der Waals surface area contributed by atoms with E-state index in [0.29, 0.717) is 16.5 Å². The quantitative estimate of drug-likeness (QED) is 0.644. The summed E-state index contributed by atoms with van der Waals surface area (Å²) in [6, 6.07) is 5.68. The van der Waals surface area contributed by atoms with Gasteiger partial charge in [0.05, 0.1) is 11.2 Å². The predicted molar refractivity (Wildman–Crippen MR) is 120 cm³/mol. The van der Waals surface area contributed by atoms with Gasteiger partial charge in [-0.05, 0) is 36.0 Å². The van der Waals surface area contributed by atoms with Crippen LogP contribution < -0.4 is 16.4 Å². The fraction of sp³-hybridized carbons (Fsp3) is 0.333. The molecule has 7 nitrogen and oxygen atoms in total. The number of hydrogen-bond acceptors (Lipinski definition) is 8. The first-order valence-electron chi connectivity index (χ1n) is 8.85. The van der Waals surface area contributed by atoms with E-state index < -0.39 is 10.0 Å². The van der Waals surface area contributed by atoms with Gasteiger partial charge in [-0.3, -0.25) is 0 Å². The molecule has 3 aromatic heterocycles. The van der Waals surface area contributed by atoms with Gasteiger partial charge in [-0.1, -0.05) is 23.4 Å². The second-order valence-electron chi connectivity index (χ2n) is 6.87. The molecule has 4 heterocycles. The summed E-state index contributed by atoms with van der Waals surface area (Å²) in [5.41, 5.74) is 13.1. The SMILES string of the molecule is CS1(CN)CCN(c2cnc3nc(Sc4ccnc(N)c4Cl)ccc3n2)CC1. The van der Waals surface area contributed by atoms with Crippen LogP contribution in [0.3, 0.4) is 0 Å². The van der Waals surface area contributed by atoms with Crippen LogP contribution in [0.1, 0.15) is 0 Å². The second-order valence-corrected chi connectivity index (χ2v) is 12.4. The van der Waals surface area contributed by atoms with Crippen LogP contribution in [0.25, 0.3) is 11.2 Å². The van der Waals surface area contributed by atoms with Gasteiger partial charge in [0, 0.05) is 30.1 Å². The molecule has 0 atom stereocenters. The van der Waals surface area contributed by atoms with E-state index in [0.717, 1.165) is 51.7 Å². The molecular weight excluding hydrogens is 414 g/mol. The zero-order valence-electron chi connectivity index (χ0n) is 15.5. The molecule has 0 radical (unpaired) electrons. The van der Waals surface area contributed by atoms with E-state index in [1.807, 2.05) is 24.4 Å². The number of nitrogen functional groups attached to an aromatic ring is 1. The lowest BCUT2D eigenvalue weighted by Gasteiger charge is -2.43. The number of halogens is 1. The molecule has 4 N–H and O–H groups in total. The zero-order valence-corrected chi connectivity index (χ0v) is 17.9. The molecule has 1 fully saturated rings. The van der Waals surface area contributed by atoms with Crippen molar-refractivity contribution < 1.29 is 0 Å². The van der Waals surface area contributed by atoms with E-state index in [9.17, 15) is 0 Å². The normalized spacial score (nSPS) is 17.6. The van der Waals surface area contributed by atoms with Gasteiger partial charge < -0.3 is 16.4 Å². The molecule has 0 bridgehead atoms. The first kappa shape index (κ1) is 19.5. The smallest absolute Gasteiger partial charge is 0.179 e. The first-order valence-corrected chi connectivity index (χ1v) is 12.6. The molecule has 0 aromatic carbocycles. The van der Waals surface area contributed by atoms with Crippen molar-refractivity contribution >= 4 is 56.2 Å². The van der Waals surface area contributed by atoms with Crippen molar-refractivity contribution in [3.8, 4) is 0 Å². The Morgan fingerprint density at radius 3 is 2.71 bits per heavy atom. The van der Waals surface area contributed by atoms with E-state index in [4.69, 9.17) is 28.1 Å². The summed E-state index contributed by atoms with van der Waals surface area (Å²) in [5, 5.41) is 1.22. The number of aromatic nitrogens is 4. The highest BCUT2D eigenvalue weighted by Crippen LogP contribution is 2.44. The molecule has 0 amide bonds. The average Bonchev–Trinajstić information content (AvgIpc) is 2.72. The monoisotopic (exact) mass is 435 g/mol. The number of pyridine rings is 2. The summed E-state index contributed by atoms with van der Waals surface area (Å²) in [7, 11) is -0.655. The van der Waals surface area contributed by atoms with Gasteiger partial charge in [0.25, 0.3) is 0 Å². The van der Waals surface area contributed by atoms with Crippen molar-refractivity contribution in [3.63, 3.8) is 0 Å². The van der Waals surface area contributed by atoms with Gasteiger partial charge in [0.1, 0.15) is 22.2 Å². The molecule has 0 aliphatic carbocycles. The highest BCUT2D eigenvalue weighted by Gasteiger charge is 2.25. The van der Waals surface area contributed by atoms with Crippen LogP contribution in [-0.2, 0) is 0 Å². The lowest BCUT2D eigenvalue weighted by atomic mass is 10.4. The molecule has 0 unspecified atom stereocenters. The fourth-order valence-electron chi connectivity index (χ4n) is 2.99. The molecule has 10 heteroatoms. The van der Waals surface area contributed by atoms with E-state index in [1.165, 1.54) is 11.8 Å². The fourth-order valence-corrected chi connectivity index (χ4v) is 5.89. The van der Waals surface area contributed by atoms with E-state index in [1.54, 1.807) is 6.20 Å². The van der Waals surface area contributed by atoms with Crippen molar-refractivity contribution in [2.75, 3.05) is 47.4 Å². The minimum atomic E-state index is -0.655. The number of rotatable bonds is 4. The second kappa shape index (κ2) is 7.90. The minimum Gasteiger partial charge on any atom is -0.382 e. The molecule has 0 saturated carbocycles. The maximum absolute atomic E-state index is 6.22. The third-order valence-electron chi connectivity index (χ3n) is 4.90. The van der Waals surface area contributed by atoms with Gasteiger partial charge in [-0.15, -0.1) is 0 Å². The number of fused-ring (bicyclic) bond motifs is 1. The highest BCUT2D eigenvalue weighted by molar-refractivity contribution is 8.33. The Hall–Kier alpha value is -1.81. The van der Waals surface area contributed by atoms with Crippen LogP contribution in [0, 0.1) is 0 Å². The van der Waals surface area contributed by atoms with Crippen LogP contribution in [0.15, 0.2) is 40.5 Å². The van der Waals surface area contributed by atoms with Gasteiger partial charge in [0.15, 0.2) is 5.65 Å². The van der Waals surface area contributed by atoms with Crippen molar-refractivity contribution in [3.05, 3.63) is 35.6 Å². The lowest BCUT2D eigenvalue weighted by Crippen LogP contribution is -2.40. The van der Waals surface area contributed by atoms with Crippen LogP contribution in [0.2, 0.25) is 5.02 Å². The summed E-state index contributed by atoms with van der Waals surface area (Å²) < 4.78 is 0. The molecule has 1 saturated heterocycles. The molecular formula is C18H22ClN7S2. The maximum Gasteiger partial charge on any atom is 0.179 e. The molecule has 3 aromatic rings. The van der Waals surface area contributed by atoms with E-state index in [-0.39, 0.29) is 0 Å². The minimum absolute atomic E-state index is 0.311. The Bertz CT molecular complexity index is 1010. The Kier molecular flexibility index (Phi) is 5.50. The standard InChI is InChI=1S/C18H22ClN7S2/c1-28(11-20)8-6-26(7-9-28)14-10-23-18-12(24-14)2-3-15(25-18)27-13-4-5-22-17(21)16(13)19/h2-5,10H,6-9,11,20H2,1H3,(H2,21,22). The van der Waals surface area contributed by atoms with Crippen LogP contribution >= 0.6 is 33.4 Å². The zero-order chi connectivity index (χ0) is 19.7. The Morgan fingerprint density at radius 1 is 1.18 bits per heavy atom. The largest absolute Gasteiger partial charge is 0.382 e. The first-order chi connectivity index (χ1) is 13.5. The Morgan fingerprint density at radius 2 is 1.96 bits per heavy atom. The number of nitrogens with zero attached hydrogens (tertiary/aromatic N) is 5. The number of nitrogens with two attached hydrogens (primary N) is 2. The van der Waals surface area contributed by atoms with Crippen molar-refractivity contribution in [2.45, 2.75) is 9.92 Å². The maximum atomic E-state index is 6.22. The van der Waals surface area contributed by atoms with Crippen molar-refractivity contribution in [2.24, 2.45) is 5.73 Å². The van der Waals surface area contributed by atoms with Crippen LogP contribution in [0.4, 0.5) is 11.6 Å². The summed E-state index contributed by atoms with van der Waals surface area (Å²) >= 11 is 7.65. The molecule has 148 valence electrons. The van der Waals surface area contributed by atoms with Gasteiger partial charge in [0.2, 0.25) is 0 Å². The summed E-state index contributed by atoms with van der Waals surface area (Å²) in [6.45, 7) is 1.96.